The Morgan fingerprint density at radius 1 is 1.36 bits per heavy atom. The second-order valence-electron chi connectivity index (χ2n) is 5.05. The smallest absolute Gasteiger partial charge is 0.356 e. The lowest BCUT2D eigenvalue weighted by molar-refractivity contribution is -0.140. The van der Waals surface area contributed by atoms with Gasteiger partial charge in [-0.2, -0.15) is 13.2 Å². The molecule has 0 amide bonds. The van der Waals surface area contributed by atoms with Gasteiger partial charge in [0.25, 0.3) is 0 Å². The van der Waals surface area contributed by atoms with Crippen LogP contribution in [0.15, 0.2) is 10.4 Å². The first-order chi connectivity index (χ1) is 9.74. The number of alkyl halides is 3. The van der Waals surface area contributed by atoms with E-state index in [9.17, 15) is 13.2 Å². The van der Waals surface area contributed by atoms with Gasteiger partial charge in [-0.3, -0.25) is 4.99 Å². The molecule has 9 heteroatoms. The average molecular weight is 450 g/mol. The number of halogens is 4. The molecule has 1 unspecified atom stereocenters. The standard InChI is InChI=1S/C13H21F3N4S.HI/c1-8(2)9(3)19-12(17-4)18-6-5-11-20-10(7-21-11)13(14,15)16;/h7-9H,5-6H2,1-4H3,(H2,17,18,19);1H. The first kappa shape index (κ1) is 21.4. The van der Waals surface area contributed by atoms with Crippen molar-refractivity contribution in [2.75, 3.05) is 13.6 Å². The maximum absolute atomic E-state index is 12.4. The van der Waals surface area contributed by atoms with Crippen LogP contribution in [-0.2, 0) is 12.6 Å². The highest BCUT2D eigenvalue weighted by Gasteiger charge is 2.33. The Labute approximate surface area is 150 Å². The van der Waals surface area contributed by atoms with Crippen molar-refractivity contribution in [1.29, 1.82) is 0 Å². The molecule has 1 aromatic rings. The second kappa shape index (κ2) is 9.53. The van der Waals surface area contributed by atoms with Crippen LogP contribution in [0.5, 0.6) is 0 Å². The Morgan fingerprint density at radius 3 is 2.45 bits per heavy atom. The third-order valence-electron chi connectivity index (χ3n) is 3.06. The van der Waals surface area contributed by atoms with Gasteiger partial charge >= 0.3 is 6.18 Å². The molecule has 1 aromatic heterocycles. The first-order valence-corrected chi connectivity index (χ1v) is 7.60. The third kappa shape index (κ3) is 7.12. The summed E-state index contributed by atoms with van der Waals surface area (Å²) >= 11 is 1.02. The van der Waals surface area contributed by atoms with E-state index in [2.05, 4.69) is 34.5 Å². The lowest BCUT2D eigenvalue weighted by Gasteiger charge is -2.20. The van der Waals surface area contributed by atoms with Crippen molar-refractivity contribution in [2.24, 2.45) is 10.9 Å². The Balaban J connectivity index is 0.00000441. The van der Waals surface area contributed by atoms with Crippen LogP contribution in [-0.4, -0.2) is 30.6 Å². The minimum Gasteiger partial charge on any atom is -0.356 e. The van der Waals surface area contributed by atoms with Gasteiger partial charge in [-0.1, -0.05) is 13.8 Å². The molecule has 0 bridgehead atoms. The highest BCUT2D eigenvalue weighted by Crippen LogP contribution is 2.29. The van der Waals surface area contributed by atoms with Crippen LogP contribution in [0, 0.1) is 5.92 Å². The molecule has 4 nitrogen and oxygen atoms in total. The van der Waals surface area contributed by atoms with Crippen molar-refractivity contribution in [1.82, 2.24) is 15.6 Å². The number of hydrogen-bond acceptors (Lipinski definition) is 3. The summed E-state index contributed by atoms with van der Waals surface area (Å²) in [6.45, 7) is 6.72. The highest BCUT2D eigenvalue weighted by molar-refractivity contribution is 14.0. The van der Waals surface area contributed by atoms with E-state index in [-0.39, 0.29) is 30.0 Å². The van der Waals surface area contributed by atoms with E-state index in [1.165, 1.54) is 0 Å². The summed E-state index contributed by atoms with van der Waals surface area (Å²) in [7, 11) is 1.66. The largest absolute Gasteiger partial charge is 0.434 e. The summed E-state index contributed by atoms with van der Waals surface area (Å²) in [5.41, 5.74) is -0.821. The van der Waals surface area contributed by atoms with Crippen molar-refractivity contribution >= 4 is 41.3 Å². The third-order valence-corrected chi connectivity index (χ3v) is 3.97. The van der Waals surface area contributed by atoms with Gasteiger partial charge in [-0.15, -0.1) is 35.3 Å². The second-order valence-corrected chi connectivity index (χ2v) is 5.99. The summed E-state index contributed by atoms with van der Waals surface area (Å²) in [5, 5.41) is 7.80. The van der Waals surface area contributed by atoms with Crippen molar-refractivity contribution in [2.45, 2.75) is 39.4 Å². The molecule has 22 heavy (non-hydrogen) atoms. The Morgan fingerprint density at radius 2 is 2.00 bits per heavy atom. The van der Waals surface area contributed by atoms with Gasteiger partial charge in [0.05, 0.1) is 5.01 Å². The van der Waals surface area contributed by atoms with Crippen LogP contribution in [0.3, 0.4) is 0 Å². The molecule has 0 saturated carbocycles. The maximum atomic E-state index is 12.4. The Kier molecular flexibility index (Phi) is 9.28. The number of aliphatic imine (C=N–C) groups is 1. The molecule has 0 saturated heterocycles. The Hall–Kier alpha value is -0.580. The molecule has 0 aliphatic heterocycles. The molecule has 1 heterocycles. The molecule has 0 spiro atoms. The lowest BCUT2D eigenvalue weighted by Crippen LogP contribution is -2.44. The minimum absolute atomic E-state index is 0. The predicted molar refractivity (Wildman–Crippen MR) is 95.0 cm³/mol. The number of rotatable bonds is 5. The van der Waals surface area contributed by atoms with Crippen molar-refractivity contribution in [3.63, 3.8) is 0 Å². The fourth-order valence-corrected chi connectivity index (χ4v) is 2.23. The van der Waals surface area contributed by atoms with Crippen LogP contribution in [0.4, 0.5) is 13.2 Å². The number of guanidine groups is 1. The van der Waals surface area contributed by atoms with E-state index < -0.39 is 11.9 Å². The summed E-state index contributed by atoms with van der Waals surface area (Å²) in [4.78, 5) is 7.67. The molecule has 0 fully saturated rings. The van der Waals surface area contributed by atoms with Crippen molar-refractivity contribution < 1.29 is 13.2 Å². The molecule has 1 rings (SSSR count). The van der Waals surface area contributed by atoms with Crippen LogP contribution >= 0.6 is 35.3 Å². The fraction of sp³-hybridized carbons (Fsp3) is 0.692. The summed E-state index contributed by atoms with van der Waals surface area (Å²) in [6, 6.07) is 0.257. The fourth-order valence-electron chi connectivity index (χ4n) is 1.42. The topological polar surface area (TPSA) is 49.3 Å². The van der Waals surface area contributed by atoms with Crippen LogP contribution < -0.4 is 10.6 Å². The molecule has 1 atom stereocenters. The zero-order chi connectivity index (χ0) is 16.0. The summed E-state index contributed by atoms with van der Waals surface area (Å²) in [6.07, 6.45) is -3.94. The monoisotopic (exact) mass is 450 g/mol. The van der Waals surface area contributed by atoms with E-state index in [1.54, 1.807) is 7.05 Å². The van der Waals surface area contributed by atoms with E-state index >= 15 is 0 Å². The van der Waals surface area contributed by atoms with Crippen molar-refractivity contribution in [3.8, 4) is 0 Å². The van der Waals surface area contributed by atoms with Gasteiger partial charge in [-0.25, -0.2) is 4.98 Å². The van der Waals surface area contributed by atoms with E-state index in [0.717, 1.165) is 16.7 Å². The van der Waals surface area contributed by atoms with Gasteiger partial charge < -0.3 is 10.6 Å². The molecular weight excluding hydrogens is 428 g/mol. The number of nitrogens with one attached hydrogen (secondary N) is 2. The summed E-state index contributed by atoms with van der Waals surface area (Å²) < 4.78 is 37.3. The lowest BCUT2D eigenvalue weighted by atomic mass is 10.1. The first-order valence-electron chi connectivity index (χ1n) is 6.72. The number of aromatic nitrogens is 1. The van der Waals surface area contributed by atoms with Gasteiger partial charge in [0.15, 0.2) is 11.7 Å². The minimum atomic E-state index is -4.37. The van der Waals surface area contributed by atoms with Crippen LogP contribution in [0.2, 0.25) is 0 Å². The normalized spacial score (nSPS) is 13.7. The molecule has 0 aromatic carbocycles. The van der Waals surface area contributed by atoms with Crippen LogP contribution in [0.25, 0.3) is 0 Å². The van der Waals surface area contributed by atoms with E-state index in [0.29, 0.717) is 29.9 Å². The van der Waals surface area contributed by atoms with E-state index in [1.807, 2.05) is 6.92 Å². The van der Waals surface area contributed by atoms with Gasteiger partial charge in [-0.05, 0) is 12.8 Å². The molecule has 0 radical (unpaired) electrons. The molecule has 0 aliphatic rings. The zero-order valence-electron chi connectivity index (χ0n) is 13.0. The predicted octanol–water partition coefficient (Wildman–Crippen LogP) is 3.53. The maximum Gasteiger partial charge on any atom is 0.434 e. The molecule has 0 aliphatic carbocycles. The summed E-state index contributed by atoms with van der Waals surface area (Å²) in [5.74, 6) is 1.10. The van der Waals surface area contributed by atoms with E-state index in [4.69, 9.17) is 0 Å². The van der Waals surface area contributed by atoms with Gasteiger partial charge in [0.2, 0.25) is 0 Å². The zero-order valence-corrected chi connectivity index (χ0v) is 16.1. The number of nitrogens with zero attached hydrogens (tertiary/aromatic N) is 2. The highest BCUT2D eigenvalue weighted by atomic mass is 127. The molecule has 2 N–H and O–H groups in total. The average Bonchev–Trinajstić information content (AvgIpc) is 2.85. The SMILES string of the molecule is CN=C(NCCc1nc(C(F)(F)F)cs1)NC(C)C(C)C.I. The quantitative estimate of drug-likeness (QED) is 0.410. The van der Waals surface area contributed by atoms with Crippen molar-refractivity contribution in [3.05, 3.63) is 16.1 Å². The Bertz CT molecular complexity index is 474. The molecular formula is C13H22F3IN4S. The number of hydrogen-bond donors (Lipinski definition) is 2. The van der Waals surface area contributed by atoms with Gasteiger partial charge in [0.1, 0.15) is 0 Å². The molecule has 128 valence electrons. The van der Waals surface area contributed by atoms with Gasteiger partial charge in [0, 0.05) is 31.4 Å². The number of thiazole rings is 1. The van der Waals surface area contributed by atoms with Crippen LogP contribution in [0.1, 0.15) is 31.5 Å².